The van der Waals surface area contributed by atoms with E-state index in [2.05, 4.69) is 15.6 Å². The number of unbranched alkanes of at least 4 members (excludes halogenated alkanes) is 1. The highest BCUT2D eigenvalue weighted by Gasteiger charge is 2.35. The lowest BCUT2D eigenvalue weighted by Gasteiger charge is -2.36. The second kappa shape index (κ2) is 16.4. The van der Waals surface area contributed by atoms with Gasteiger partial charge in [-0.1, -0.05) is 41.0 Å². The van der Waals surface area contributed by atoms with Gasteiger partial charge in [0.2, 0.25) is 11.8 Å². The maximum absolute atomic E-state index is 13.7. The van der Waals surface area contributed by atoms with Crippen LogP contribution in [0.5, 0.6) is 0 Å². The van der Waals surface area contributed by atoms with E-state index < -0.39 is 24.1 Å². The lowest BCUT2D eigenvalue weighted by atomic mass is 9.94. The standard InChI is InChI=1S/C27H46N4O6S/c1-16(2)21(14-22(37-19(6)32)25-29-20(15-38-25)27(35)36-9)31(8)26(34)23(17(3)4)30-24(33)18(5)12-10-11-13-28-7/h15-18,21-23,28H,10-14H2,1-9H3,(H,30,33)/t18-,21-,22-,23+/m1/s1. The number of hydrogen-bond donors (Lipinski definition) is 2. The monoisotopic (exact) mass is 554 g/mol. The molecule has 0 fully saturated rings. The maximum atomic E-state index is 13.7. The Morgan fingerprint density at radius 1 is 1.08 bits per heavy atom. The van der Waals surface area contributed by atoms with Gasteiger partial charge in [0.15, 0.2) is 11.8 Å². The highest BCUT2D eigenvalue weighted by Crippen LogP contribution is 2.31. The molecule has 1 aromatic rings. The second-order valence-electron chi connectivity index (χ2n) is 10.4. The van der Waals surface area contributed by atoms with Gasteiger partial charge in [0.1, 0.15) is 11.0 Å². The minimum atomic E-state index is -0.747. The quantitative estimate of drug-likeness (QED) is 0.235. The topological polar surface area (TPSA) is 127 Å². The fourth-order valence-electron chi connectivity index (χ4n) is 4.21. The van der Waals surface area contributed by atoms with Gasteiger partial charge in [0.25, 0.3) is 0 Å². The largest absolute Gasteiger partial charge is 0.464 e. The Morgan fingerprint density at radius 2 is 1.74 bits per heavy atom. The Hall–Kier alpha value is -2.53. The molecular weight excluding hydrogens is 508 g/mol. The Balaban J connectivity index is 3.07. The number of hydrogen-bond acceptors (Lipinski definition) is 9. The second-order valence-corrected chi connectivity index (χ2v) is 11.3. The molecule has 0 unspecified atom stereocenters. The number of likely N-dealkylation sites (N-methyl/N-ethyl adjacent to an activating group) is 1. The SMILES string of the molecule is CNCCCC[C@@H](C)C(=O)N[C@H](C(=O)N(C)[C@H](C[C@@H](OC(C)=O)c1nc(C(=O)OC)cs1)C(C)C)C(C)C. The van der Waals surface area contributed by atoms with Crippen LogP contribution in [0.1, 0.15) is 88.8 Å². The van der Waals surface area contributed by atoms with E-state index in [4.69, 9.17) is 9.47 Å². The highest BCUT2D eigenvalue weighted by atomic mass is 32.1. The highest BCUT2D eigenvalue weighted by molar-refractivity contribution is 7.09. The summed E-state index contributed by atoms with van der Waals surface area (Å²) in [6, 6.07) is -1.01. The average Bonchev–Trinajstić information content (AvgIpc) is 3.35. The molecule has 10 nitrogen and oxygen atoms in total. The number of nitrogens with zero attached hydrogens (tertiary/aromatic N) is 2. The Bertz CT molecular complexity index is 919. The van der Waals surface area contributed by atoms with E-state index in [0.717, 1.165) is 25.8 Å². The molecule has 4 atom stereocenters. The number of nitrogens with one attached hydrogen (secondary N) is 2. The first-order valence-corrected chi connectivity index (χ1v) is 14.1. The fourth-order valence-corrected chi connectivity index (χ4v) is 5.03. The number of thiazole rings is 1. The van der Waals surface area contributed by atoms with E-state index in [9.17, 15) is 19.2 Å². The molecule has 0 aromatic carbocycles. The van der Waals surface area contributed by atoms with Gasteiger partial charge in [-0.3, -0.25) is 14.4 Å². The first-order valence-electron chi connectivity index (χ1n) is 13.3. The predicted octanol–water partition coefficient (Wildman–Crippen LogP) is 3.57. The molecule has 11 heteroatoms. The van der Waals surface area contributed by atoms with Crippen LogP contribution in [0.15, 0.2) is 5.38 Å². The van der Waals surface area contributed by atoms with E-state index >= 15 is 0 Å². The summed E-state index contributed by atoms with van der Waals surface area (Å²) in [6.07, 6.45) is 2.21. The summed E-state index contributed by atoms with van der Waals surface area (Å²) in [7, 11) is 4.89. The maximum Gasteiger partial charge on any atom is 0.357 e. The van der Waals surface area contributed by atoms with Crippen molar-refractivity contribution in [3.8, 4) is 0 Å². The number of ether oxygens (including phenoxy) is 2. The number of amides is 2. The number of aromatic nitrogens is 1. The van der Waals surface area contributed by atoms with Crippen molar-refractivity contribution >= 4 is 35.1 Å². The summed E-state index contributed by atoms with van der Waals surface area (Å²) in [5.74, 6) is -1.71. The van der Waals surface area contributed by atoms with Crippen LogP contribution < -0.4 is 10.6 Å². The van der Waals surface area contributed by atoms with E-state index in [1.54, 1.807) is 17.3 Å². The van der Waals surface area contributed by atoms with Gasteiger partial charge in [-0.25, -0.2) is 9.78 Å². The van der Waals surface area contributed by atoms with Crippen molar-refractivity contribution in [1.29, 1.82) is 0 Å². The molecule has 0 saturated heterocycles. The van der Waals surface area contributed by atoms with Crippen molar-refractivity contribution < 1.29 is 28.7 Å². The molecule has 1 heterocycles. The molecule has 0 radical (unpaired) electrons. The number of carbonyl (C=O) groups is 4. The Labute approximate surface area is 231 Å². The van der Waals surface area contributed by atoms with Gasteiger partial charge in [-0.2, -0.15) is 0 Å². The van der Waals surface area contributed by atoms with E-state index in [0.29, 0.717) is 5.01 Å². The molecule has 1 aromatic heterocycles. The Morgan fingerprint density at radius 3 is 2.26 bits per heavy atom. The summed E-state index contributed by atoms with van der Waals surface area (Å²) in [4.78, 5) is 56.3. The molecule has 0 aliphatic carbocycles. The van der Waals surface area contributed by atoms with E-state index in [1.165, 1.54) is 25.4 Å². The summed E-state index contributed by atoms with van der Waals surface area (Å²) in [5.41, 5.74) is 0.137. The number of carbonyl (C=O) groups excluding carboxylic acids is 4. The molecule has 0 spiro atoms. The van der Waals surface area contributed by atoms with Crippen LogP contribution in [-0.4, -0.2) is 73.5 Å². The van der Waals surface area contributed by atoms with Gasteiger partial charge >= 0.3 is 11.9 Å². The zero-order chi connectivity index (χ0) is 29.0. The van der Waals surface area contributed by atoms with Crippen LogP contribution in [-0.2, 0) is 23.9 Å². The van der Waals surface area contributed by atoms with Crippen LogP contribution >= 0.6 is 11.3 Å². The van der Waals surface area contributed by atoms with Crippen LogP contribution in [0.25, 0.3) is 0 Å². The van der Waals surface area contributed by atoms with Crippen molar-refractivity contribution in [2.45, 2.75) is 85.4 Å². The van der Waals surface area contributed by atoms with E-state index in [1.807, 2.05) is 41.7 Å². The smallest absolute Gasteiger partial charge is 0.357 e. The molecule has 2 N–H and O–H groups in total. The zero-order valence-electron chi connectivity index (χ0n) is 24.3. The van der Waals surface area contributed by atoms with E-state index in [-0.39, 0.29) is 47.7 Å². The van der Waals surface area contributed by atoms with Gasteiger partial charge in [0.05, 0.1) is 7.11 Å². The van der Waals surface area contributed by atoms with Gasteiger partial charge in [-0.15, -0.1) is 11.3 Å². The average molecular weight is 555 g/mol. The van der Waals surface area contributed by atoms with Crippen molar-refractivity contribution in [3.05, 3.63) is 16.1 Å². The third-order valence-electron chi connectivity index (χ3n) is 6.56. The molecule has 38 heavy (non-hydrogen) atoms. The van der Waals surface area contributed by atoms with Crippen LogP contribution in [0.2, 0.25) is 0 Å². The minimum Gasteiger partial charge on any atom is -0.464 e. The molecule has 0 aliphatic heterocycles. The fraction of sp³-hybridized carbons (Fsp3) is 0.741. The molecule has 1 rings (SSSR count). The van der Waals surface area contributed by atoms with Crippen LogP contribution in [0, 0.1) is 17.8 Å². The van der Waals surface area contributed by atoms with Gasteiger partial charge in [-0.05, 0) is 38.3 Å². The number of methoxy groups -OCH3 is 1. The molecule has 216 valence electrons. The zero-order valence-corrected chi connectivity index (χ0v) is 25.1. The van der Waals surface area contributed by atoms with Gasteiger partial charge in [0, 0.05) is 37.7 Å². The normalized spacial score (nSPS) is 14.5. The molecule has 0 aliphatic rings. The lowest BCUT2D eigenvalue weighted by molar-refractivity contribution is -0.149. The summed E-state index contributed by atoms with van der Waals surface area (Å²) in [6.45, 7) is 11.9. The number of rotatable bonds is 16. The summed E-state index contributed by atoms with van der Waals surface area (Å²) in [5, 5.41) is 8.09. The Kier molecular flexibility index (Phi) is 14.5. The van der Waals surface area contributed by atoms with Crippen LogP contribution in [0.4, 0.5) is 0 Å². The van der Waals surface area contributed by atoms with Crippen molar-refractivity contribution in [3.63, 3.8) is 0 Å². The van der Waals surface area contributed by atoms with Crippen molar-refractivity contribution in [2.24, 2.45) is 17.8 Å². The predicted molar refractivity (Wildman–Crippen MR) is 148 cm³/mol. The molecule has 0 bridgehead atoms. The first kappa shape index (κ1) is 33.5. The first-order chi connectivity index (χ1) is 17.8. The minimum absolute atomic E-state index is 0.0108. The van der Waals surface area contributed by atoms with Crippen LogP contribution in [0.3, 0.4) is 0 Å². The van der Waals surface area contributed by atoms with Crippen molar-refractivity contribution in [1.82, 2.24) is 20.5 Å². The molecular formula is C27H46N4O6S. The third-order valence-corrected chi connectivity index (χ3v) is 7.50. The summed E-state index contributed by atoms with van der Waals surface area (Å²) < 4.78 is 10.3. The summed E-state index contributed by atoms with van der Waals surface area (Å²) >= 11 is 1.20. The van der Waals surface area contributed by atoms with Gasteiger partial charge < -0.3 is 25.0 Å². The third kappa shape index (κ3) is 10.3. The molecule has 0 saturated carbocycles. The number of esters is 2. The van der Waals surface area contributed by atoms with Crippen molar-refractivity contribution in [2.75, 3.05) is 27.7 Å². The lowest BCUT2D eigenvalue weighted by Crippen LogP contribution is -2.54. The molecule has 2 amide bonds.